The monoisotopic (exact) mass is 360 g/mol. The summed E-state index contributed by atoms with van der Waals surface area (Å²) in [5, 5.41) is 2.98. The standard InChI is InChI=1S/C16H17BrN4O/c17-13-4-6-14(7-5-13)20-15(22)12-3-1-10-21(11-12)16-18-8-2-9-19-16/h2,4-9,12H,1,3,10-11H2,(H,20,22)/t12-/m0/s1. The van der Waals surface area contributed by atoms with Crippen LogP contribution in [-0.4, -0.2) is 29.0 Å². The van der Waals surface area contributed by atoms with E-state index < -0.39 is 0 Å². The van der Waals surface area contributed by atoms with E-state index in [0.717, 1.165) is 29.5 Å². The summed E-state index contributed by atoms with van der Waals surface area (Å²) < 4.78 is 0.996. The first kappa shape index (κ1) is 15.0. The highest BCUT2D eigenvalue weighted by Crippen LogP contribution is 2.22. The highest BCUT2D eigenvalue weighted by atomic mass is 79.9. The zero-order chi connectivity index (χ0) is 15.4. The second-order valence-corrected chi connectivity index (χ2v) is 6.25. The van der Waals surface area contributed by atoms with Crippen molar-refractivity contribution >= 4 is 33.5 Å². The summed E-state index contributed by atoms with van der Waals surface area (Å²) in [6.45, 7) is 1.55. The summed E-state index contributed by atoms with van der Waals surface area (Å²) in [5.74, 6) is 0.716. The molecule has 2 aromatic rings. The molecule has 1 fully saturated rings. The molecule has 2 heterocycles. The number of benzene rings is 1. The van der Waals surface area contributed by atoms with Crippen molar-refractivity contribution in [2.45, 2.75) is 12.8 Å². The highest BCUT2D eigenvalue weighted by molar-refractivity contribution is 9.10. The molecule has 1 aromatic heterocycles. The summed E-state index contributed by atoms with van der Waals surface area (Å²) in [6, 6.07) is 9.41. The molecule has 1 atom stereocenters. The topological polar surface area (TPSA) is 58.1 Å². The van der Waals surface area contributed by atoms with Crippen molar-refractivity contribution in [3.05, 3.63) is 47.2 Å². The van der Waals surface area contributed by atoms with Crippen LogP contribution >= 0.6 is 15.9 Å². The van der Waals surface area contributed by atoms with Crippen molar-refractivity contribution in [1.29, 1.82) is 0 Å². The van der Waals surface area contributed by atoms with E-state index in [9.17, 15) is 4.79 Å². The molecule has 1 amide bonds. The molecule has 1 aromatic carbocycles. The van der Waals surface area contributed by atoms with Gasteiger partial charge in [-0.05, 0) is 43.2 Å². The maximum absolute atomic E-state index is 12.4. The van der Waals surface area contributed by atoms with Crippen LogP contribution in [0.25, 0.3) is 0 Å². The molecule has 6 heteroatoms. The number of piperidine rings is 1. The van der Waals surface area contributed by atoms with Crippen molar-refractivity contribution in [2.24, 2.45) is 5.92 Å². The van der Waals surface area contributed by atoms with Gasteiger partial charge in [-0.15, -0.1) is 0 Å². The van der Waals surface area contributed by atoms with Gasteiger partial charge in [0.1, 0.15) is 0 Å². The van der Waals surface area contributed by atoms with Crippen LogP contribution in [0, 0.1) is 5.92 Å². The Morgan fingerprint density at radius 2 is 1.95 bits per heavy atom. The first-order valence-electron chi connectivity index (χ1n) is 7.31. The third kappa shape index (κ3) is 3.62. The van der Waals surface area contributed by atoms with Gasteiger partial charge in [0.25, 0.3) is 0 Å². The third-order valence-corrected chi connectivity index (χ3v) is 4.27. The minimum Gasteiger partial charge on any atom is -0.340 e. The van der Waals surface area contributed by atoms with Crippen molar-refractivity contribution < 1.29 is 4.79 Å². The lowest BCUT2D eigenvalue weighted by Gasteiger charge is -2.31. The van der Waals surface area contributed by atoms with Gasteiger partial charge < -0.3 is 10.2 Å². The Hall–Kier alpha value is -1.95. The van der Waals surface area contributed by atoms with Crippen molar-refractivity contribution in [2.75, 3.05) is 23.3 Å². The lowest BCUT2D eigenvalue weighted by Crippen LogP contribution is -2.41. The van der Waals surface area contributed by atoms with E-state index in [1.165, 1.54) is 0 Å². The number of anilines is 2. The van der Waals surface area contributed by atoms with Crippen LogP contribution in [0.4, 0.5) is 11.6 Å². The van der Waals surface area contributed by atoms with E-state index in [1.807, 2.05) is 24.3 Å². The predicted octanol–water partition coefficient (Wildman–Crippen LogP) is 3.09. The summed E-state index contributed by atoms with van der Waals surface area (Å²) in [5.41, 5.74) is 0.821. The number of aromatic nitrogens is 2. The highest BCUT2D eigenvalue weighted by Gasteiger charge is 2.27. The Balaban J connectivity index is 1.64. The molecule has 3 rings (SSSR count). The molecule has 114 valence electrons. The smallest absolute Gasteiger partial charge is 0.229 e. The molecule has 0 bridgehead atoms. The fourth-order valence-corrected chi connectivity index (χ4v) is 2.87. The van der Waals surface area contributed by atoms with Gasteiger partial charge in [0.05, 0.1) is 5.92 Å². The lowest BCUT2D eigenvalue weighted by molar-refractivity contribution is -0.120. The SMILES string of the molecule is O=C(Nc1ccc(Br)cc1)[C@H]1CCCN(c2ncccn2)C1. The molecular weight excluding hydrogens is 344 g/mol. The Bertz CT molecular complexity index is 632. The quantitative estimate of drug-likeness (QED) is 0.913. The molecule has 1 aliphatic heterocycles. The van der Waals surface area contributed by atoms with Gasteiger partial charge in [0, 0.05) is 35.6 Å². The minimum absolute atomic E-state index is 0.0406. The van der Waals surface area contributed by atoms with Gasteiger partial charge in [-0.3, -0.25) is 4.79 Å². The molecule has 1 N–H and O–H groups in total. The molecule has 0 unspecified atom stereocenters. The predicted molar refractivity (Wildman–Crippen MR) is 89.7 cm³/mol. The average Bonchev–Trinajstić information content (AvgIpc) is 2.58. The Labute approximate surface area is 137 Å². The first-order chi connectivity index (χ1) is 10.7. The number of nitrogens with zero attached hydrogens (tertiary/aromatic N) is 3. The Kier molecular flexibility index (Phi) is 4.68. The molecule has 0 radical (unpaired) electrons. The number of carbonyl (C=O) groups excluding carboxylic acids is 1. The summed E-state index contributed by atoms with van der Waals surface area (Å²) in [7, 11) is 0. The molecule has 1 aliphatic rings. The summed E-state index contributed by atoms with van der Waals surface area (Å²) in [6.07, 6.45) is 5.32. The Morgan fingerprint density at radius 1 is 1.23 bits per heavy atom. The minimum atomic E-state index is -0.0406. The van der Waals surface area contributed by atoms with Gasteiger partial charge >= 0.3 is 0 Å². The summed E-state index contributed by atoms with van der Waals surface area (Å²) >= 11 is 3.39. The van der Waals surface area contributed by atoms with Gasteiger partial charge in [-0.2, -0.15) is 0 Å². The van der Waals surface area contributed by atoms with Gasteiger partial charge in [-0.1, -0.05) is 15.9 Å². The van der Waals surface area contributed by atoms with Crippen molar-refractivity contribution in [3.8, 4) is 0 Å². The molecular formula is C16H17BrN4O. The maximum atomic E-state index is 12.4. The van der Waals surface area contributed by atoms with Crippen molar-refractivity contribution in [3.63, 3.8) is 0 Å². The van der Waals surface area contributed by atoms with Crippen molar-refractivity contribution in [1.82, 2.24) is 9.97 Å². The molecule has 1 saturated heterocycles. The van der Waals surface area contributed by atoms with Crippen LogP contribution in [0.3, 0.4) is 0 Å². The van der Waals surface area contributed by atoms with Crippen LogP contribution in [0.1, 0.15) is 12.8 Å². The van der Waals surface area contributed by atoms with E-state index in [1.54, 1.807) is 18.5 Å². The molecule has 0 spiro atoms. The second-order valence-electron chi connectivity index (χ2n) is 5.33. The average molecular weight is 361 g/mol. The number of halogens is 1. The molecule has 22 heavy (non-hydrogen) atoms. The van der Waals surface area contributed by atoms with E-state index in [4.69, 9.17) is 0 Å². The lowest BCUT2D eigenvalue weighted by atomic mass is 9.97. The zero-order valence-corrected chi connectivity index (χ0v) is 13.7. The number of hydrogen-bond donors (Lipinski definition) is 1. The number of nitrogens with one attached hydrogen (secondary N) is 1. The van der Waals surface area contributed by atoms with E-state index in [-0.39, 0.29) is 11.8 Å². The van der Waals surface area contributed by atoms with Crippen LogP contribution in [0.2, 0.25) is 0 Å². The fraction of sp³-hybridized carbons (Fsp3) is 0.312. The molecule has 0 aliphatic carbocycles. The van der Waals surface area contributed by atoms with Crippen LogP contribution in [0.15, 0.2) is 47.2 Å². The second kappa shape index (κ2) is 6.87. The Morgan fingerprint density at radius 3 is 2.68 bits per heavy atom. The number of rotatable bonds is 3. The number of hydrogen-bond acceptors (Lipinski definition) is 4. The maximum Gasteiger partial charge on any atom is 0.229 e. The van der Waals surface area contributed by atoms with E-state index in [0.29, 0.717) is 12.5 Å². The first-order valence-corrected chi connectivity index (χ1v) is 8.10. The fourth-order valence-electron chi connectivity index (χ4n) is 2.60. The number of amides is 1. The third-order valence-electron chi connectivity index (χ3n) is 3.74. The molecule has 5 nitrogen and oxygen atoms in total. The van der Waals surface area contributed by atoms with Crippen LogP contribution in [-0.2, 0) is 4.79 Å². The largest absolute Gasteiger partial charge is 0.340 e. The van der Waals surface area contributed by atoms with Crippen LogP contribution in [0.5, 0.6) is 0 Å². The van der Waals surface area contributed by atoms with E-state index in [2.05, 4.69) is 36.1 Å². The van der Waals surface area contributed by atoms with Gasteiger partial charge in [0.2, 0.25) is 11.9 Å². The van der Waals surface area contributed by atoms with Crippen LogP contribution < -0.4 is 10.2 Å². The number of carbonyl (C=O) groups is 1. The van der Waals surface area contributed by atoms with Gasteiger partial charge in [0.15, 0.2) is 0 Å². The normalized spacial score (nSPS) is 18.0. The molecule has 0 saturated carbocycles. The van der Waals surface area contributed by atoms with E-state index >= 15 is 0 Å². The summed E-state index contributed by atoms with van der Waals surface area (Å²) in [4.78, 5) is 23.1. The zero-order valence-electron chi connectivity index (χ0n) is 12.1. The van der Waals surface area contributed by atoms with Gasteiger partial charge in [-0.25, -0.2) is 9.97 Å².